The second kappa shape index (κ2) is 8.88. The number of piperazine rings is 1. The lowest BCUT2D eigenvalue weighted by molar-refractivity contribution is 0.182. The van der Waals surface area contributed by atoms with Gasteiger partial charge in [0.05, 0.1) is 4.90 Å². The summed E-state index contributed by atoms with van der Waals surface area (Å²) in [4.78, 5) is 2.75. The van der Waals surface area contributed by atoms with Gasteiger partial charge in [-0.05, 0) is 46.4 Å². The Balaban J connectivity index is 1.42. The van der Waals surface area contributed by atoms with E-state index in [9.17, 15) is 8.42 Å². The second-order valence-corrected chi connectivity index (χ2v) is 10.1. The van der Waals surface area contributed by atoms with Gasteiger partial charge in [0.25, 0.3) is 0 Å². The summed E-state index contributed by atoms with van der Waals surface area (Å²) >= 11 is 0. The van der Waals surface area contributed by atoms with E-state index in [-0.39, 0.29) is 0 Å². The van der Waals surface area contributed by atoms with Crippen molar-refractivity contribution in [1.82, 2.24) is 9.21 Å². The zero-order chi connectivity index (χ0) is 21.1. The average molecular weight is 423 g/mol. The van der Waals surface area contributed by atoms with Gasteiger partial charge in [0.15, 0.2) is 0 Å². The van der Waals surface area contributed by atoms with Crippen LogP contribution in [0.5, 0.6) is 0 Å². The molecule has 1 heterocycles. The first-order valence-electron chi connectivity index (χ1n) is 10.8. The largest absolute Gasteiger partial charge is 0.296 e. The molecule has 0 spiro atoms. The molecule has 0 aliphatic carbocycles. The molecule has 0 amide bonds. The minimum atomic E-state index is -3.44. The third-order valence-electron chi connectivity index (χ3n) is 6.30. The molecular formula is C25H30N2O2S. The number of rotatable bonds is 6. The van der Waals surface area contributed by atoms with Crippen LogP contribution in [0.2, 0.25) is 0 Å². The third-order valence-corrected chi connectivity index (χ3v) is 8.22. The fourth-order valence-electron chi connectivity index (χ4n) is 4.15. The maximum atomic E-state index is 13.1. The smallest absolute Gasteiger partial charge is 0.243 e. The summed E-state index contributed by atoms with van der Waals surface area (Å²) in [6, 6.07) is 22.3. The maximum Gasteiger partial charge on any atom is 0.243 e. The molecule has 3 aromatic rings. The normalized spacial score (nSPS) is 17.3. The summed E-state index contributed by atoms with van der Waals surface area (Å²) < 4.78 is 27.8. The third kappa shape index (κ3) is 4.29. The quantitative estimate of drug-likeness (QED) is 0.570. The molecule has 1 saturated heterocycles. The van der Waals surface area contributed by atoms with Crippen molar-refractivity contribution in [3.63, 3.8) is 0 Å². The molecule has 30 heavy (non-hydrogen) atoms. The number of fused-ring (bicyclic) bond motifs is 1. The highest BCUT2D eigenvalue weighted by molar-refractivity contribution is 7.89. The first-order valence-corrected chi connectivity index (χ1v) is 12.2. The summed E-state index contributed by atoms with van der Waals surface area (Å²) in [6.45, 7) is 7.70. The van der Waals surface area contributed by atoms with Crippen molar-refractivity contribution in [3.05, 3.63) is 77.9 Å². The van der Waals surface area contributed by atoms with Crippen LogP contribution in [-0.2, 0) is 16.6 Å². The van der Waals surface area contributed by atoms with E-state index < -0.39 is 10.0 Å². The highest BCUT2D eigenvalue weighted by atomic mass is 32.2. The van der Waals surface area contributed by atoms with Crippen LogP contribution >= 0.6 is 0 Å². The van der Waals surface area contributed by atoms with Crippen LogP contribution in [0.4, 0.5) is 0 Å². The Hall–Kier alpha value is -2.21. The molecule has 0 bridgehead atoms. The average Bonchev–Trinajstić information content (AvgIpc) is 2.79. The van der Waals surface area contributed by atoms with Crippen molar-refractivity contribution in [2.75, 3.05) is 26.2 Å². The van der Waals surface area contributed by atoms with Gasteiger partial charge in [-0.2, -0.15) is 4.31 Å². The van der Waals surface area contributed by atoms with Crippen molar-refractivity contribution in [3.8, 4) is 0 Å². The Morgan fingerprint density at radius 3 is 2.23 bits per heavy atom. The summed E-state index contributed by atoms with van der Waals surface area (Å²) in [7, 11) is -3.44. The zero-order valence-electron chi connectivity index (χ0n) is 17.8. The van der Waals surface area contributed by atoms with Gasteiger partial charge in [0.2, 0.25) is 10.0 Å². The predicted molar refractivity (Wildman–Crippen MR) is 123 cm³/mol. The molecule has 1 aliphatic rings. The number of benzene rings is 3. The highest BCUT2D eigenvalue weighted by Crippen LogP contribution is 2.24. The Bertz CT molecular complexity index is 1100. The fraction of sp³-hybridized carbons (Fsp3) is 0.360. The lowest BCUT2D eigenvalue weighted by Gasteiger charge is -2.34. The molecule has 3 aromatic carbocycles. The molecule has 0 aromatic heterocycles. The minimum absolute atomic E-state index is 0.400. The number of sulfonamides is 1. The van der Waals surface area contributed by atoms with Crippen molar-refractivity contribution in [2.45, 2.75) is 37.6 Å². The topological polar surface area (TPSA) is 40.6 Å². The molecule has 1 fully saturated rings. The molecule has 1 atom stereocenters. The Morgan fingerprint density at radius 2 is 1.53 bits per heavy atom. The van der Waals surface area contributed by atoms with Gasteiger partial charge in [0.1, 0.15) is 0 Å². The Labute approximate surface area is 180 Å². The molecule has 4 rings (SSSR count). The van der Waals surface area contributed by atoms with Crippen LogP contribution in [0, 0.1) is 0 Å². The van der Waals surface area contributed by atoms with Gasteiger partial charge in [-0.15, -0.1) is 0 Å². The van der Waals surface area contributed by atoms with E-state index in [0.29, 0.717) is 23.9 Å². The molecule has 4 nitrogen and oxygen atoms in total. The SMILES string of the molecule is CC[C@H](C)c1ccc(S(=O)(=O)N2CCN(Cc3cccc4ccccc34)CC2)cc1. The molecule has 1 aliphatic heterocycles. The predicted octanol–water partition coefficient (Wildman–Crippen LogP) is 4.86. The summed E-state index contributed by atoms with van der Waals surface area (Å²) in [5, 5.41) is 2.52. The minimum Gasteiger partial charge on any atom is -0.296 e. The molecule has 0 radical (unpaired) electrons. The highest BCUT2D eigenvalue weighted by Gasteiger charge is 2.28. The van der Waals surface area contributed by atoms with Gasteiger partial charge in [-0.1, -0.05) is 68.4 Å². The van der Waals surface area contributed by atoms with Gasteiger partial charge >= 0.3 is 0 Å². The van der Waals surface area contributed by atoms with Crippen LogP contribution in [-0.4, -0.2) is 43.8 Å². The summed E-state index contributed by atoms with van der Waals surface area (Å²) in [5.41, 5.74) is 2.49. The fourth-order valence-corrected chi connectivity index (χ4v) is 5.57. The standard InChI is InChI=1S/C25H30N2O2S/c1-3-20(2)21-11-13-24(14-12-21)30(28,29)27-17-15-26(16-18-27)19-23-9-6-8-22-7-4-5-10-25(22)23/h4-14,20H,3,15-19H2,1-2H3/t20-/m0/s1. The van der Waals surface area contributed by atoms with Crippen LogP contribution < -0.4 is 0 Å². The van der Waals surface area contributed by atoms with Gasteiger partial charge in [-0.3, -0.25) is 4.90 Å². The van der Waals surface area contributed by atoms with Gasteiger partial charge < -0.3 is 0 Å². The maximum absolute atomic E-state index is 13.1. The van der Waals surface area contributed by atoms with E-state index >= 15 is 0 Å². The molecule has 0 N–H and O–H groups in total. The first kappa shape index (κ1) is 21.0. The van der Waals surface area contributed by atoms with Crippen LogP contribution in [0.15, 0.2) is 71.6 Å². The summed E-state index contributed by atoms with van der Waals surface area (Å²) in [6.07, 6.45) is 1.05. The second-order valence-electron chi connectivity index (χ2n) is 8.20. The molecule has 158 valence electrons. The van der Waals surface area contributed by atoms with Crippen LogP contribution in [0.3, 0.4) is 0 Å². The lowest BCUT2D eigenvalue weighted by atomic mass is 9.99. The van der Waals surface area contributed by atoms with E-state index in [0.717, 1.165) is 26.1 Å². The van der Waals surface area contributed by atoms with Crippen LogP contribution in [0.1, 0.15) is 37.3 Å². The summed E-state index contributed by atoms with van der Waals surface area (Å²) in [5.74, 6) is 0.444. The molecule has 5 heteroatoms. The Kier molecular flexibility index (Phi) is 6.23. The molecule has 0 saturated carbocycles. The van der Waals surface area contributed by atoms with Crippen molar-refractivity contribution >= 4 is 20.8 Å². The van der Waals surface area contributed by atoms with Gasteiger partial charge in [-0.25, -0.2) is 8.42 Å². The van der Waals surface area contributed by atoms with Gasteiger partial charge in [0, 0.05) is 32.7 Å². The monoisotopic (exact) mass is 422 g/mol. The number of hydrogen-bond acceptors (Lipinski definition) is 3. The van der Waals surface area contributed by atoms with Crippen molar-refractivity contribution in [2.24, 2.45) is 0 Å². The van der Waals surface area contributed by atoms with Crippen LogP contribution in [0.25, 0.3) is 10.8 Å². The van der Waals surface area contributed by atoms with E-state index in [4.69, 9.17) is 0 Å². The zero-order valence-corrected chi connectivity index (χ0v) is 18.6. The van der Waals surface area contributed by atoms with Crippen molar-refractivity contribution < 1.29 is 8.42 Å². The van der Waals surface area contributed by atoms with E-state index in [2.05, 4.69) is 61.2 Å². The van der Waals surface area contributed by atoms with E-state index in [1.165, 1.54) is 21.9 Å². The number of hydrogen-bond donors (Lipinski definition) is 0. The number of nitrogens with zero attached hydrogens (tertiary/aromatic N) is 2. The van der Waals surface area contributed by atoms with E-state index in [1.807, 2.05) is 12.1 Å². The van der Waals surface area contributed by atoms with E-state index in [1.54, 1.807) is 16.4 Å². The molecular weight excluding hydrogens is 392 g/mol. The Morgan fingerprint density at radius 1 is 0.867 bits per heavy atom. The van der Waals surface area contributed by atoms with Crippen molar-refractivity contribution in [1.29, 1.82) is 0 Å². The lowest BCUT2D eigenvalue weighted by Crippen LogP contribution is -2.48. The molecule has 0 unspecified atom stereocenters. The first-order chi connectivity index (χ1) is 14.5.